The van der Waals surface area contributed by atoms with Crippen LogP contribution in [0.1, 0.15) is 19.8 Å². The number of hydrogen-bond acceptors (Lipinski definition) is 4. The van der Waals surface area contributed by atoms with Crippen LogP contribution in [0.25, 0.3) is 0 Å². The Balaban J connectivity index is 2.83. The molecule has 0 spiro atoms. The van der Waals surface area contributed by atoms with Crippen molar-refractivity contribution in [1.82, 2.24) is 0 Å². The highest BCUT2D eigenvalue weighted by Gasteiger charge is 2.37. The van der Waals surface area contributed by atoms with Crippen LogP contribution in [-0.2, 0) is 0 Å². The van der Waals surface area contributed by atoms with Crippen molar-refractivity contribution in [2.24, 2.45) is 11.7 Å². The van der Waals surface area contributed by atoms with Crippen molar-refractivity contribution in [3.63, 3.8) is 0 Å². The fourth-order valence-electron chi connectivity index (χ4n) is 1.51. The third kappa shape index (κ3) is 1.18. The van der Waals surface area contributed by atoms with E-state index in [1.165, 1.54) is 0 Å². The lowest BCUT2D eigenvalue weighted by atomic mass is 9.97. The van der Waals surface area contributed by atoms with Crippen molar-refractivity contribution in [2.75, 3.05) is 0 Å². The van der Waals surface area contributed by atoms with Gasteiger partial charge < -0.3 is 16.6 Å². The van der Waals surface area contributed by atoms with Crippen molar-refractivity contribution >= 4 is 17.1 Å². The Hall–Kier alpha value is -1.03. The van der Waals surface area contributed by atoms with Gasteiger partial charge in [0.2, 0.25) is 0 Å². The molecule has 1 fully saturated rings. The van der Waals surface area contributed by atoms with Crippen molar-refractivity contribution in [2.45, 2.75) is 25.8 Å². The molecule has 4 nitrogen and oxygen atoms in total. The van der Waals surface area contributed by atoms with E-state index < -0.39 is 6.04 Å². The molecule has 0 amide bonds. The minimum Gasteiger partial charge on any atom is -0.322 e. The first-order valence-electron chi connectivity index (χ1n) is 4.11. The van der Waals surface area contributed by atoms with Gasteiger partial charge >= 0.3 is 0 Å². The Morgan fingerprint density at radius 2 is 1.83 bits per heavy atom. The summed E-state index contributed by atoms with van der Waals surface area (Å²) in [6.07, 6.45) is 1.76. The summed E-state index contributed by atoms with van der Waals surface area (Å²) in [5, 5.41) is 22.3. The molecule has 2 atom stereocenters. The first kappa shape index (κ1) is 9.06. The Bertz CT molecular complexity index is 243. The number of hydrogen-bond donors (Lipinski definition) is 4. The predicted octanol–water partition coefficient (Wildman–Crippen LogP) is 0.803. The average molecular weight is 166 g/mol. The van der Waals surface area contributed by atoms with Gasteiger partial charge in [0.25, 0.3) is 0 Å². The molecular formula is C8H14N4. The van der Waals surface area contributed by atoms with E-state index in [0.29, 0.717) is 0 Å². The molecule has 1 saturated carbocycles. The highest BCUT2D eigenvalue weighted by molar-refractivity contribution is 6.71. The molecule has 2 unspecified atom stereocenters. The maximum Gasteiger partial charge on any atom is 0.0975 e. The minimum atomic E-state index is -0.412. The zero-order chi connectivity index (χ0) is 9.30. The van der Waals surface area contributed by atoms with Crippen LogP contribution in [0.5, 0.6) is 0 Å². The van der Waals surface area contributed by atoms with Gasteiger partial charge in [-0.3, -0.25) is 5.41 Å². The lowest BCUT2D eigenvalue weighted by Gasteiger charge is -2.11. The van der Waals surface area contributed by atoms with Crippen LogP contribution in [0.15, 0.2) is 0 Å². The van der Waals surface area contributed by atoms with Crippen LogP contribution < -0.4 is 5.73 Å². The van der Waals surface area contributed by atoms with E-state index in [2.05, 4.69) is 0 Å². The van der Waals surface area contributed by atoms with Gasteiger partial charge in [0, 0.05) is 5.92 Å². The van der Waals surface area contributed by atoms with Gasteiger partial charge in [-0.15, -0.1) is 0 Å². The molecule has 0 aromatic carbocycles. The normalized spacial score (nSPS) is 30.0. The molecular weight excluding hydrogens is 152 g/mol. The topological polar surface area (TPSA) is 97.6 Å². The van der Waals surface area contributed by atoms with Gasteiger partial charge in [-0.2, -0.15) is 0 Å². The van der Waals surface area contributed by atoms with Gasteiger partial charge in [0.1, 0.15) is 0 Å². The highest BCUT2D eigenvalue weighted by Crippen LogP contribution is 2.20. The third-order valence-corrected chi connectivity index (χ3v) is 2.28. The molecule has 1 aliphatic carbocycles. The van der Waals surface area contributed by atoms with E-state index in [-0.39, 0.29) is 23.1 Å². The second-order valence-electron chi connectivity index (χ2n) is 3.12. The van der Waals surface area contributed by atoms with E-state index in [4.69, 9.17) is 22.0 Å². The lowest BCUT2D eigenvalue weighted by Crippen LogP contribution is -2.32. The summed E-state index contributed by atoms with van der Waals surface area (Å²) in [6, 6.07) is -0.412. The average Bonchev–Trinajstić information content (AvgIpc) is 2.23. The Morgan fingerprint density at radius 1 is 1.25 bits per heavy atom. The van der Waals surface area contributed by atoms with Gasteiger partial charge in [0.15, 0.2) is 0 Å². The summed E-state index contributed by atoms with van der Waals surface area (Å²) in [5.74, 6) is -0.0880. The van der Waals surface area contributed by atoms with E-state index in [1.54, 1.807) is 0 Å². The molecule has 0 heterocycles. The molecule has 12 heavy (non-hydrogen) atoms. The predicted molar refractivity (Wildman–Crippen MR) is 49.6 cm³/mol. The molecule has 66 valence electrons. The molecule has 0 radical (unpaired) electrons. The summed E-state index contributed by atoms with van der Waals surface area (Å²) >= 11 is 0. The van der Waals surface area contributed by atoms with Crippen molar-refractivity contribution in [3.8, 4) is 0 Å². The number of rotatable bonds is 2. The van der Waals surface area contributed by atoms with Crippen LogP contribution in [0, 0.1) is 22.1 Å². The minimum absolute atomic E-state index is 0.0287. The first-order valence-corrected chi connectivity index (χ1v) is 4.11. The van der Waals surface area contributed by atoms with Crippen molar-refractivity contribution < 1.29 is 0 Å². The van der Waals surface area contributed by atoms with Crippen molar-refractivity contribution in [1.29, 1.82) is 16.2 Å². The second kappa shape index (κ2) is 3.15. The summed E-state index contributed by atoms with van der Waals surface area (Å²) < 4.78 is 0. The van der Waals surface area contributed by atoms with Gasteiger partial charge in [-0.05, 0) is 6.42 Å². The van der Waals surface area contributed by atoms with Crippen LogP contribution in [0.4, 0.5) is 0 Å². The Morgan fingerprint density at radius 3 is 2.17 bits per heavy atom. The molecule has 0 saturated heterocycles. The maximum atomic E-state index is 7.53. The summed E-state index contributed by atoms with van der Waals surface area (Å²) in [7, 11) is 0. The lowest BCUT2D eigenvalue weighted by molar-refractivity contribution is 0.584. The molecule has 1 rings (SSSR count). The largest absolute Gasteiger partial charge is 0.322 e. The molecule has 5 N–H and O–H groups in total. The van der Waals surface area contributed by atoms with Crippen LogP contribution in [0.2, 0.25) is 0 Å². The van der Waals surface area contributed by atoms with Crippen molar-refractivity contribution in [3.05, 3.63) is 0 Å². The maximum absolute atomic E-state index is 7.53. The zero-order valence-corrected chi connectivity index (χ0v) is 7.15. The highest BCUT2D eigenvalue weighted by atomic mass is 14.8. The molecule has 4 heteroatoms. The summed E-state index contributed by atoms with van der Waals surface area (Å²) in [4.78, 5) is 0. The monoisotopic (exact) mass is 166 g/mol. The molecule has 0 aromatic rings. The zero-order valence-electron chi connectivity index (χ0n) is 7.15. The SMILES string of the molecule is CCCC1C(=N)C(=N)C(=N)C1N. The van der Waals surface area contributed by atoms with Crippen LogP contribution in [-0.4, -0.2) is 23.2 Å². The van der Waals surface area contributed by atoms with E-state index in [0.717, 1.165) is 12.8 Å². The van der Waals surface area contributed by atoms with Gasteiger partial charge in [0.05, 0.1) is 23.2 Å². The molecule has 0 aromatic heterocycles. The number of nitrogens with two attached hydrogens (primary N) is 1. The fourth-order valence-corrected chi connectivity index (χ4v) is 1.51. The second-order valence-corrected chi connectivity index (χ2v) is 3.12. The summed E-state index contributed by atoms with van der Waals surface area (Å²) in [6.45, 7) is 2.02. The Kier molecular flexibility index (Phi) is 2.38. The van der Waals surface area contributed by atoms with E-state index >= 15 is 0 Å². The Labute approximate surface area is 71.7 Å². The molecule has 0 aliphatic heterocycles. The van der Waals surface area contributed by atoms with E-state index in [1.807, 2.05) is 6.92 Å². The number of nitrogens with one attached hydrogen (secondary N) is 3. The smallest absolute Gasteiger partial charge is 0.0975 e. The fraction of sp³-hybridized carbons (Fsp3) is 0.625. The quantitative estimate of drug-likeness (QED) is 0.479. The molecule has 0 bridgehead atoms. The van der Waals surface area contributed by atoms with Crippen LogP contribution in [0.3, 0.4) is 0 Å². The third-order valence-electron chi connectivity index (χ3n) is 2.28. The van der Waals surface area contributed by atoms with Crippen LogP contribution >= 0.6 is 0 Å². The van der Waals surface area contributed by atoms with Gasteiger partial charge in [-0.1, -0.05) is 13.3 Å². The van der Waals surface area contributed by atoms with Gasteiger partial charge in [-0.25, -0.2) is 0 Å². The molecule has 1 aliphatic rings. The summed E-state index contributed by atoms with van der Waals surface area (Å²) in [5.41, 5.74) is 6.08. The standard InChI is InChI=1S/C8H14N4/c1-2-3-4-5(9)7(11)8(12)6(4)10/h4-5,10-12H,2-3,9H2,1H3. The van der Waals surface area contributed by atoms with E-state index in [9.17, 15) is 0 Å². The first-order chi connectivity index (χ1) is 5.59.